The molecule has 18 heavy (non-hydrogen) atoms. The van der Waals surface area contributed by atoms with Crippen LogP contribution >= 0.6 is 0 Å². The van der Waals surface area contributed by atoms with Crippen LogP contribution in [0, 0.1) is 10.1 Å². The van der Waals surface area contributed by atoms with Crippen LogP contribution in [-0.2, 0) is 0 Å². The Kier molecular flexibility index (Phi) is 8.51. The average molecular weight is 256 g/mol. The Balaban J connectivity index is 0.00000137. The third-order valence-electron chi connectivity index (χ3n) is 2.15. The van der Waals surface area contributed by atoms with Crippen molar-refractivity contribution in [1.82, 2.24) is 0 Å². The lowest BCUT2D eigenvalue weighted by Crippen LogP contribution is -2.29. The SMILES string of the molecule is CC.O=[N+]([O-])c1cccc(N(CCO)CCO)c1. The van der Waals surface area contributed by atoms with Gasteiger partial charge in [0.05, 0.1) is 18.1 Å². The van der Waals surface area contributed by atoms with Gasteiger partial charge < -0.3 is 15.1 Å². The van der Waals surface area contributed by atoms with Crippen LogP contribution in [0.4, 0.5) is 11.4 Å². The molecular weight excluding hydrogens is 236 g/mol. The third-order valence-corrected chi connectivity index (χ3v) is 2.15. The van der Waals surface area contributed by atoms with E-state index in [1.807, 2.05) is 13.8 Å². The van der Waals surface area contributed by atoms with E-state index in [-0.39, 0.29) is 18.9 Å². The van der Waals surface area contributed by atoms with Crippen LogP contribution in [0.1, 0.15) is 13.8 Å². The van der Waals surface area contributed by atoms with Crippen LogP contribution in [0.5, 0.6) is 0 Å². The molecule has 0 amide bonds. The zero-order chi connectivity index (χ0) is 14.0. The van der Waals surface area contributed by atoms with Crippen molar-refractivity contribution < 1.29 is 15.1 Å². The fraction of sp³-hybridized carbons (Fsp3) is 0.500. The van der Waals surface area contributed by atoms with Gasteiger partial charge >= 0.3 is 0 Å². The highest BCUT2D eigenvalue weighted by atomic mass is 16.6. The number of non-ortho nitro benzene ring substituents is 1. The Morgan fingerprint density at radius 2 is 1.78 bits per heavy atom. The predicted molar refractivity (Wildman–Crippen MR) is 70.8 cm³/mol. The molecule has 6 heteroatoms. The van der Waals surface area contributed by atoms with E-state index < -0.39 is 4.92 Å². The Hall–Kier alpha value is -1.66. The molecule has 0 saturated carbocycles. The molecule has 0 radical (unpaired) electrons. The number of aliphatic hydroxyl groups excluding tert-OH is 2. The second kappa shape index (κ2) is 9.38. The lowest BCUT2D eigenvalue weighted by atomic mass is 10.2. The van der Waals surface area contributed by atoms with Crippen LogP contribution in [-0.4, -0.2) is 41.4 Å². The molecule has 1 aromatic rings. The van der Waals surface area contributed by atoms with Gasteiger partial charge in [0.1, 0.15) is 0 Å². The zero-order valence-corrected chi connectivity index (χ0v) is 10.7. The molecule has 0 spiro atoms. The molecule has 102 valence electrons. The quantitative estimate of drug-likeness (QED) is 0.593. The molecule has 6 nitrogen and oxygen atoms in total. The van der Waals surface area contributed by atoms with E-state index in [0.717, 1.165) is 0 Å². The maximum atomic E-state index is 10.6. The van der Waals surface area contributed by atoms with Gasteiger partial charge in [-0.1, -0.05) is 19.9 Å². The highest BCUT2D eigenvalue weighted by molar-refractivity contribution is 5.53. The summed E-state index contributed by atoms with van der Waals surface area (Å²) in [6.45, 7) is 4.54. The van der Waals surface area contributed by atoms with Crippen molar-refractivity contribution in [3.05, 3.63) is 34.4 Å². The molecule has 0 aliphatic rings. The van der Waals surface area contributed by atoms with Gasteiger partial charge in [0.2, 0.25) is 0 Å². The summed E-state index contributed by atoms with van der Waals surface area (Å²) in [4.78, 5) is 11.8. The minimum atomic E-state index is -0.473. The first-order valence-corrected chi connectivity index (χ1v) is 5.90. The predicted octanol–water partition coefficient (Wildman–Crippen LogP) is 1.41. The maximum absolute atomic E-state index is 10.6. The Morgan fingerprint density at radius 1 is 1.22 bits per heavy atom. The molecule has 2 N–H and O–H groups in total. The molecule has 1 rings (SSSR count). The summed E-state index contributed by atoms with van der Waals surface area (Å²) in [5.74, 6) is 0. The van der Waals surface area contributed by atoms with E-state index in [4.69, 9.17) is 10.2 Å². The van der Waals surface area contributed by atoms with Gasteiger partial charge in [-0.15, -0.1) is 0 Å². The molecule has 0 bridgehead atoms. The van der Waals surface area contributed by atoms with Gasteiger partial charge in [-0.05, 0) is 6.07 Å². The summed E-state index contributed by atoms with van der Waals surface area (Å²) in [7, 11) is 0. The molecule has 0 atom stereocenters. The van der Waals surface area contributed by atoms with E-state index in [1.54, 1.807) is 17.0 Å². The number of nitro groups is 1. The van der Waals surface area contributed by atoms with Crippen LogP contribution in [0.2, 0.25) is 0 Å². The summed E-state index contributed by atoms with van der Waals surface area (Å²) in [5.41, 5.74) is 0.621. The lowest BCUT2D eigenvalue weighted by Gasteiger charge is -2.22. The maximum Gasteiger partial charge on any atom is 0.271 e. The summed E-state index contributed by atoms with van der Waals surface area (Å²) in [6.07, 6.45) is 0. The summed E-state index contributed by atoms with van der Waals surface area (Å²) >= 11 is 0. The normalized spacial score (nSPS) is 9.33. The first-order valence-electron chi connectivity index (χ1n) is 5.90. The van der Waals surface area contributed by atoms with Crippen molar-refractivity contribution in [2.24, 2.45) is 0 Å². The topological polar surface area (TPSA) is 86.8 Å². The minimum Gasteiger partial charge on any atom is -0.395 e. The van der Waals surface area contributed by atoms with Crippen molar-refractivity contribution in [1.29, 1.82) is 0 Å². The van der Waals surface area contributed by atoms with E-state index in [1.165, 1.54) is 12.1 Å². The van der Waals surface area contributed by atoms with Crippen molar-refractivity contribution in [3.63, 3.8) is 0 Å². The summed E-state index contributed by atoms with van der Waals surface area (Å²) in [5, 5.41) is 28.3. The molecule has 0 saturated heterocycles. The lowest BCUT2D eigenvalue weighted by molar-refractivity contribution is -0.384. The van der Waals surface area contributed by atoms with Crippen LogP contribution in [0.25, 0.3) is 0 Å². The molecule has 0 heterocycles. The van der Waals surface area contributed by atoms with Gasteiger partial charge in [-0.25, -0.2) is 0 Å². The number of anilines is 1. The number of nitrogens with zero attached hydrogens (tertiary/aromatic N) is 2. The van der Waals surface area contributed by atoms with Crippen molar-refractivity contribution in [2.45, 2.75) is 13.8 Å². The average Bonchev–Trinajstić information content (AvgIpc) is 2.41. The third kappa shape index (κ3) is 5.11. The van der Waals surface area contributed by atoms with Crippen molar-refractivity contribution in [2.75, 3.05) is 31.2 Å². The molecule has 0 aromatic heterocycles. The van der Waals surface area contributed by atoms with Crippen molar-refractivity contribution in [3.8, 4) is 0 Å². The number of hydrogen-bond acceptors (Lipinski definition) is 5. The molecule has 0 aliphatic carbocycles. The van der Waals surface area contributed by atoms with Crippen LogP contribution in [0.15, 0.2) is 24.3 Å². The molecule has 0 fully saturated rings. The number of aliphatic hydroxyl groups is 2. The Morgan fingerprint density at radius 3 is 2.22 bits per heavy atom. The molecule has 0 unspecified atom stereocenters. The van der Waals surface area contributed by atoms with E-state index in [0.29, 0.717) is 18.8 Å². The Bertz CT molecular complexity index is 352. The standard InChI is InChI=1S/C10H14N2O4.C2H6/c13-6-4-11(5-7-14)9-2-1-3-10(8-9)12(15)16;1-2/h1-3,8,13-14H,4-7H2;1-2H3. The van der Waals surface area contributed by atoms with Crippen molar-refractivity contribution >= 4 is 11.4 Å². The van der Waals surface area contributed by atoms with E-state index in [2.05, 4.69) is 0 Å². The minimum absolute atomic E-state index is 0.00150. The van der Waals surface area contributed by atoms with Gasteiger partial charge in [-0.2, -0.15) is 0 Å². The van der Waals surface area contributed by atoms with Gasteiger partial charge in [0.25, 0.3) is 5.69 Å². The number of benzene rings is 1. The first kappa shape index (κ1) is 16.3. The number of rotatable bonds is 6. The van der Waals surface area contributed by atoms with Gasteiger partial charge in [0, 0.05) is 30.9 Å². The second-order valence-electron chi connectivity index (χ2n) is 3.21. The number of nitro benzene ring substituents is 1. The van der Waals surface area contributed by atoms with Gasteiger partial charge in [0.15, 0.2) is 0 Å². The second-order valence-corrected chi connectivity index (χ2v) is 3.21. The fourth-order valence-corrected chi connectivity index (χ4v) is 1.41. The number of hydrogen-bond donors (Lipinski definition) is 2. The van der Waals surface area contributed by atoms with Gasteiger partial charge in [-0.3, -0.25) is 10.1 Å². The fourth-order valence-electron chi connectivity index (χ4n) is 1.41. The molecule has 0 aliphatic heterocycles. The first-order chi connectivity index (χ1) is 8.69. The molecule has 1 aromatic carbocycles. The van der Waals surface area contributed by atoms with E-state index in [9.17, 15) is 10.1 Å². The summed E-state index contributed by atoms with van der Waals surface area (Å²) < 4.78 is 0. The Labute approximate surface area is 107 Å². The van der Waals surface area contributed by atoms with Crippen LogP contribution < -0.4 is 4.90 Å². The summed E-state index contributed by atoms with van der Waals surface area (Å²) in [6, 6.07) is 6.11. The van der Waals surface area contributed by atoms with E-state index >= 15 is 0 Å². The van der Waals surface area contributed by atoms with Crippen LogP contribution in [0.3, 0.4) is 0 Å². The largest absolute Gasteiger partial charge is 0.395 e. The smallest absolute Gasteiger partial charge is 0.271 e. The highest BCUT2D eigenvalue weighted by Crippen LogP contribution is 2.20. The monoisotopic (exact) mass is 256 g/mol. The highest BCUT2D eigenvalue weighted by Gasteiger charge is 2.10. The molecular formula is C12H20N2O4. The zero-order valence-electron chi connectivity index (χ0n) is 10.7.